The number of rotatable bonds is 5. The number of hydrogen-bond donors (Lipinski definition) is 0. The monoisotopic (exact) mass is 345 g/mol. The molecule has 5 nitrogen and oxygen atoms in total. The van der Waals surface area contributed by atoms with E-state index in [0.717, 1.165) is 18.2 Å². The van der Waals surface area contributed by atoms with E-state index in [0.29, 0.717) is 6.54 Å². The topological polar surface area (TPSA) is 71.5 Å². The third-order valence-electron chi connectivity index (χ3n) is 4.14. The van der Waals surface area contributed by atoms with Gasteiger partial charge < -0.3 is 0 Å². The Morgan fingerprint density at radius 2 is 1.68 bits per heavy atom. The van der Waals surface area contributed by atoms with Crippen LogP contribution < -0.4 is 0 Å². The van der Waals surface area contributed by atoms with Gasteiger partial charge in [-0.15, -0.1) is 0 Å². The summed E-state index contributed by atoms with van der Waals surface area (Å²) in [5.41, 5.74) is 2.31. The molecule has 2 rings (SSSR count). The van der Waals surface area contributed by atoms with Gasteiger partial charge in [0.2, 0.25) is 10.0 Å². The molecule has 1 saturated heterocycles. The van der Waals surface area contributed by atoms with E-state index in [2.05, 4.69) is 0 Å². The van der Waals surface area contributed by atoms with Gasteiger partial charge in [-0.1, -0.05) is 29.8 Å². The van der Waals surface area contributed by atoms with Crippen LogP contribution in [0.4, 0.5) is 0 Å². The maximum absolute atomic E-state index is 12.4. The highest BCUT2D eigenvalue weighted by atomic mass is 32.2. The van der Waals surface area contributed by atoms with Crippen molar-refractivity contribution in [2.75, 3.05) is 24.3 Å². The largest absolute Gasteiger partial charge is 0.229 e. The normalized spacial score (nSPS) is 23.8. The number of hydrogen-bond acceptors (Lipinski definition) is 4. The molecule has 124 valence electrons. The number of aryl methyl sites for hydroxylation is 1. The Bertz CT molecular complexity index is 723. The minimum atomic E-state index is -3.54. The van der Waals surface area contributed by atoms with Gasteiger partial charge in [0.15, 0.2) is 0 Å². The summed E-state index contributed by atoms with van der Waals surface area (Å²) in [4.78, 5) is 0. The van der Waals surface area contributed by atoms with E-state index < -0.39 is 19.9 Å². The summed E-state index contributed by atoms with van der Waals surface area (Å²) < 4.78 is 48.6. The summed E-state index contributed by atoms with van der Waals surface area (Å²) >= 11 is 0. The van der Waals surface area contributed by atoms with Crippen molar-refractivity contribution in [1.29, 1.82) is 0 Å². The molecule has 1 aromatic rings. The summed E-state index contributed by atoms with van der Waals surface area (Å²) in [7, 11) is -6.82. The van der Waals surface area contributed by atoms with Crippen LogP contribution in [0.25, 0.3) is 0 Å². The van der Waals surface area contributed by atoms with Gasteiger partial charge in [0, 0.05) is 18.8 Å². The molecule has 1 fully saturated rings. The van der Waals surface area contributed by atoms with Gasteiger partial charge in [-0.3, -0.25) is 0 Å². The van der Waals surface area contributed by atoms with E-state index in [1.54, 1.807) is 0 Å². The number of benzene rings is 1. The first-order chi connectivity index (χ1) is 10.1. The fraction of sp³-hybridized carbons (Fsp3) is 0.600. The van der Waals surface area contributed by atoms with E-state index >= 15 is 0 Å². The highest BCUT2D eigenvalue weighted by Gasteiger charge is 2.37. The summed E-state index contributed by atoms with van der Waals surface area (Å²) in [5.74, 6) is -0.492. The van der Waals surface area contributed by atoms with E-state index in [1.807, 2.05) is 38.1 Å². The van der Waals surface area contributed by atoms with Gasteiger partial charge in [0.25, 0.3) is 0 Å². The fourth-order valence-corrected chi connectivity index (χ4v) is 6.17. The maximum atomic E-state index is 12.4. The average Bonchev–Trinajstić information content (AvgIpc) is 2.80. The quantitative estimate of drug-likeness (QED) is 0.812. The predicted molar refractivity (Wildman–Crippen MR) is 88.2 cm³/mol. The van der Waals surface area contributed by atoms with Crippen LogP contribution in [0.3, 0.4) is 0 Å². The van der Waals surface area contributed by atoms with Gasteiger partial charge in [-0.25, -0.2) is 16.8 Å². The molecular formula is C15H23NO4S2. The molecule has 0 aliphatic carbocycles. The van der Waals surface area contributed by atoms with Crippen molar-refractivity contribution in [2.45, 2.75) is 32.2 Å². The molecule has 1 aromatic carbocycles. The molecule has 0 spiro atoms. The molecule has 0 saturated carbocycles. The van der Waals surface area contributed by atoms with Gasteiger partial charge >= 0.3 is 0 Å². The maximum Gasteiger partial charge on any atom is 0.215 e. The molecule has 1 aliphatic heterocycles. The Kier molecular flexibility index (Phi) is 4.99. The molecule has 1 heterocycles. The zero-order valence-electron chi connectivity index (χ0n) is 13.2. The van der Waals surface area contributed by atoms with Crippen LogP contribution >= 0.6 is 0 Å². The molecule has 0 aromatic heterocycles. The van der Waals surface area contributed by atoms with E-state index in [-0.39, 0.29) is 23.5 Å². The first-order valence-corrected chi connectivity index (χ1v) is 11.0. The highest BCUT2D eigenvalue weighted by Crippen LogP contribution is 2.33. The zero-order chi connectivity index (χ0) is 16.5. The molecule has 22 heavy (non-hydrogen) atoms. The second-order valence-electron chi connectivity index (χ2n) is 6.21. The molecular weight excluding hydrogens is 322 g/mol. The SMILES string of the molecule is Cc1ccc([C@H]2C[C@@H](C)N(S(=O)(=O)CCS(C)(=O)=O)C2)cc1. The summed E-state index contributed by atoms with van der Waals surface area (Å²) in [6.07, 6.45) is 1.83. The van der Waals surface area contributed by atoms with Gasteiger partial charge in [-0.05, 0) is 31.7 Å². The first-order valence-electron chi connectivity index (χ1n) is 7.32. The number of sulfone groups is 1. The zero-order valence-corrected chi connectivity index (χ0v) is 14.8. The molecule has 2 atom stereocenters. The first kappa shape index (κ1) is 17.4. The molecule has 0 unspecified atom stereocenters. The van der Waals surface area contributed by atoms with Crippen LogP contribution in [-0.2, 0) is 19.9 Å². The van der Waals surface area contributed by atoms with Crippen molar-refractivity contribution in [1.82, 2.24) is 4.31 Å². The van der Waals surface area contributed by atoms with Crippen molar-refractivity contribution < 1.29 is 16.8 Å². The Hall–Kier alpha value is -0.920. The van der Waals surface area contributed by atoms with Crippen molar-refractivity contribution in [3.63, 3.8) is 0 Å². The third-order valence-corrected chi connectivity index (χ3v) is 7.28. The predicted octanol–water partition coefficient (Wildman–Crippen LogP) is 1.55. The van der Waals surface area contributed by atoms with Crippen molar-refractivity contribution in [3.8, 4) is 0 Å². The van der Waals surface area contributed by atoms with Crippen LogP contribution in [0.1, 0.15) is 30.4 Å². The average molecular weight is 345 g/mol. The van der Waals surface area contributed by atoms with Crippen LogP contribution in [0, 0.1) is 6.92 Å². The molecule has 0 bridgehead atoms. The van der Waals surface area contributed by atoms with E-state index in [9.17, 15) is 16.8 Å². The van der Waals surface area contributed by atoms with Gasteiger partial charge in [0.1, 0.15) is 9.84 Å². The summed E-state index contributed by atoms with van der Waals surface area (Å²) in [6.45, 7) is 4.32. The lowest BCUT2D eigenvalue weighted by molar-refractivity contribution is 0.408. The minimum Gasteiger partial charge on any atom is -0.229 e. The molecule has 1 aliphatic rings. The Labute approximate surface area is 133 Å². The Balaban J connectivity index is 2.11. The minimum absolute atomic E-state index is 0.101. The Morgan fingerprint density at radius 3 is 2.23 bits per heavy atom. The van der Waals surface area contributed by atoms with E-state index in [1.165, 1.54) is 9.87 Å². The van der Waals surface area contributed by atoms with Crippen LogP contribution in [0.15, 0.2) is 24.3 Å². The summed E-state index contributed by atoms with van der Waals surface area (Å²) in [5, 5.41) is 0. The number of nitrogens with zero attached hydrogens (tertiary/aromatic N) is 1. The molecule has 0 amide bonds. The standard InChI is InChI=1S/C15H23NO4S2/c1-12-4-6-14(7-5-12)15-10-13(2)16(11-15)22(19,20)9-8-21(3,17)18/h4-7,13,15H,8-11H2,1-3H3/t13-,15+/m1/s1. The van der Waals surface area contributed by atoms with Crippen LogP contribution in [0.5, 0.6) is 0 Å². The van der Waals surface area contributed by atoms with Crippen LogP contribution in [0.2, 0.25) is 0 Å². The lowest BCUT2D eigenvalue weighted by Gasteiger charge is -2.20. The Morgan fingerprint density at radius 1 is 1.09 bits per heavy atom. The van der Waals surface area contributed by atoms with Crippen molar-refractivity contribution >= 4 is 19.9 Å². The van der Waals surface area contributed by atoms with E-state index in [4.69, 9.17) is 0 Å². The van der Waals surface area contributed by atoms with Gasteiger partial charge in [0.05, 0.1) is 11.5 Å². The third kappa shape index (κ3) is 4.30. The lowest BCUT2D eigenvalue weighted by atomic mass is 9.96. The molecule has 0 radical (unpaired) electrons. The second-order valence-corrected chi connectivity index (χ2v) is 10.5. The molecule has 0 N–H and O–H groups in total. The lowest BCUT2D eigenvalue weighted by Crippen LogP contribution is -2.37. The summed E-state index contributed by atoms with van der Waals surface area (Å²) in [6, 6.07) is 8.04. The smallest absolute Gasteiger partial charge is 0.215 e. The van der Waals surface area contributed by atoms with Gasteiger partial charge in [-0.2, -0.15) is 4.31 Å². The second kappa shape index (κ2) is 6.29. The van der Waals surface area contributed by atoms with Crippen molar-refractivity contribution in [2.24, 2.45) is 0 Å². The number of sulfonamides is 1. The van der Waals surface area contributed by atoms with Crippen molar-refractivity contribution in [3.05, 3.63) is 35.4 Å². The van der Waals surface area contributed by atoms with Crippen LogP contribution in [-0.4, -0.2) is 51.5 Å². The highest BCUT2D eigenvalue weighted by molar-refractivity contribution is 7.93. The molecule has 7 heteroatoms. The fourth-order valence-electron chi connectivity index (χ4n) is 2.84.